The number of rotatable bonds is 4. The Hall–Kier alpha value is -3.78. The Morgan fingerprint density at radius 3 is 2.54 bits per heavy atom. The summed E-state index contributed by atoms with van der Waals surface area (Å²) in [5.41, 5.74) is 2.40. The zero-order valence-corrected chi connectivity index (χ0v) is 20.7. The van der Waals surface area contributed by atoms with E-state index in [4.69, 9.17) is 14.2 Å². The minimum atomic E-state index is -0.878. The normalized spacial score (nSPS) is 18.6. The second kappa shape index (κ2) is 9.11. The van der Waals surface area contributed by atoms with Crippen LogP contribution in [0.4, 0.5) is 5.69 Å². The first-order valence-electron chi connectivity index (χ1n) is 11.0. The molecule has 1 saturated heterocycles. The number of aliphatic hydroxyl groups excluding tert-OH is 1. The molecule has 2 aliphatic heterocycles. The Morgan fingerprint density at radius 2 is 1.80 bits per heavy atom. The number of Topliss-reactive ketones (excluding diaryl/α,β-unsaturated/α-hetero) is 1. The van der Waals surface area contributed by atoms with Crippen LogP contribution >= 0.6 is 15.9 Å². The number of amides is 1. The number of nitrogens with zero attached hydrogens (tertiary/aromatic N) is 1. The summed E-state index contributed by atoms with van der Waals surface area (Å²) in [4.78, 5) is 28.2. The lowest BCUT2D eigenvalue weighted by Crippen LogP contribution is -2.29. The highest BCUT2D eigenvalue weighted by Crippen LogP contribution is 2.45. The van der Waals surface area contributed by atoms with Crippen LogP contribution in [0.3, 0.4) is 0 Å². The van der Waals surface area contributed by atoms with Crippen LogP contribution in [0.5, 0.6) is 17.2 Å². The minimum Gasteiger partial charge on any atom is -0.507 e. The number of fused-ring (bicyclic) bond motifs is 1. The number of ketones is 1. The van der Waals surface area contributed by atoms with Crippen molar-refractivity contribution in [1.29, 1.82) is 0 Å². The van der Waals surface area contributed by atoms with Gasteiger partial charge in [0.2, 0.25) is 0 Å². The number of hydrogen-bond acceptors (Lipinski definition) is 6. The zero-order chi connectivity index (χ0) is 24.7. The molecule has 0 bridgehead atoms. The van der Waals surface area contributed by atoms with Crippen LogP contribution in [0.25, 0.3) is 5.76 Å². The zero-order valence-electron chi connectivity index (χ0n) is 19.1. The monoisotopic (exact) mass is 535 g/mol. The molecule has 0 aliphatic carbocycles. The summed E-state index contributed by atoms with van der Waals surface area (Å²) < 4.78 is 17.6. The molecule has 1 amide bonds. The molecule has 0 radical (unpaired) electrons. The number of hydrogen-bond donors (Lipinski definition) is 1. The number of aryl methyl sites for hydroxylation is 1. The van der Waals surface area contributed by atoms with Gasteiger partial charge in [-0.1, -0.05) is 34.1 Å². The molecule has 2 aliphatic rings. The minimum absolute atomic E-state index is 0.000125. The molecular formula is C27H22BrNO6. The highest BCUT2D eigenvalue weighted by atomic mass is 79.9. The second-order valence-electron chi connectivity index (χ2n) is 8.24. The van der Waals surface area contributed by atoms with Crippen molar-refractivity contribution in [2.75, 3.05) is 25.2 Å². The van der Waals surface area contributed by atoms with Gasteiger partial charge in [-0.05, 0) is 54.4 Å². The van der Waals surface area contributed by atoms with Crippen molar-refractivity contribution in [3.05, 3.63) is 87.4 Å². The third kappa shape index (κ3) is 4.04. The maximum Gasteiger partial charge on any atom is 0.300 e. The molecule has 1 fully saturated rings. The van der Waals surface area contributed by atoms with Crippen molar-refractivity contribution in [3.8, 4) is 17.2 Å². The number of aliphatic hydroxyl groups is 1. The van der Waals surface area contributed by atoms with Crippen molar-refractivity contribution in [1.82, 2.24) is 0 Å². The van der Waals surface area contributed by atoms with Crippen LogP contribution in [-0.4, -0.2) is 37.1 Å². The van der Waals surface area contributed by atoms with Crippen molar-refractivity contribution in [2.45, 2.75) is 13.0 Å². The van der Waals surface area contributed by atoms with Crippen LogP contribution in [-0.2, 0) is 9.59 Å². The lowest BCUT2D eigenvalue weighted by atomic mass is 9.94. The summed E-state index contributed by atoms with van der Waals surface area (Å²) in [6.45, 7) is 2.71. The number of benzene rings is 3. The largest absolute Gasteiger partial charge is 0.507 e. The summed E-state index contributed by atoms with van der Waals surface area (Å²) in [5.74, 6) is -0.138. The fourth-order valence-electron chi connectivity index (χ4n) is 4.36. The first-order chi connectivity index (χ1) is 16.9. The second-order valence-corrected chi connectivity index (χ2v) is 9.09. The maximum absolute atomic E-state index is 13.4. The molecule has 3 aromatic carbocycles. The molecule has 5 rings (SSSR count). The third-order valence-corrected chi connectivity index (χ3v) is 6.98. The van der Waals surface area contributed by atoms with Crippen LogP contribution in [0, 0.1) is 6.92 Å². The maximum atomic E-state index is 13.4. The number of methoxy groups -OCH3 is 1. The van der Waals surface area contributed by atoms with Crippen LogP contribution < -0.4 is 19.1 Å². The number of halogens is 1. The molecule has 7 nitrogen and oxygen atoms in total. The summed E-state index contributed by atoms with van der Waals surface area (Å²) in [7, 11) is 1.54. The van der Waals surface area contributed by atoms with Gasteiger partial charge in [0.15, 0.2) is 11.5 Å². The third-order valence-electron chi connectivity index (χ3n) is 6.09. The lowest BCUT2D eigenvalue weighted by Gasteiger charge is -2.27. The Bertz CT molecular complexity index is 1380. The van der Waals surface area contributed by atoms with Gasteiger partial charge in [-0.2, -0.15) is 0 Å². The van der Waals surface area contributed by atoms with E-state index in [1.165, 1.54) is 4.90 Å². The molecule has 1 atom stereocenters. The molecule has 0 spiro atoms. The summed E-state index contributed by atoms with van der Waals surface area (Å²) in [5, 5.41) is 11.3. The van der Waals surface area contributed by atoms with E-state index in [0.717, 1.165) is 10.0 Å². The topological polar surface area (TPSA) is 85.3 Å². The van der Waals surface area contributed by atoms with E-state index >= 15 is 0 Å². The standard InChI is InChI=1S/C27H22BrNO6/c1-15-12-17(6-8-20(15)28)25(30)23-24(16-4-3-5-19(13-16)33-2)29(27(32)26(23)31)18-7-9-21-22(14-18)35-11-10-34-21/h3-9,12-14,24,30H,10-11H2,1-2H3/b25-23+. The average Bonchev–Trinajstić information content (AvgIpc) is 3.15. The van der Waals surface area contributed by atoms with E-state index < -0.39 is 17.7 Å². The van der Waals surface area contributed by atoms with Crippen molar-refractivity contribution >= 4 is 39.1 Å². The fraction of sp³-hybridized carbons (Fsp3) is 0.185. The Balaban J connectivity index is 1.71. The van der Waals surface area contributed by atoms with Gasteiger partial charge >= 0.3 is 0 Å². The smallest absolute Gasteiger partial charge is 0.300 e. The molecule has 8 heteroatoms. The van der Waals surface area contributed by atoms with E-state index in [-0.39, 0.29) is 11.3 Å². The number of carbonyl (C=O) groups excluding carboxylic acids is 2. The van der Waals surface area contributed by atoms with E-state index in [1.807, 2.05) is 6.92 Å². The molecule has 3 aromatic rings. The number of anilines is 1. The SMILES string of the molecule is COc1cccc(C2/C(=C(\O)c3ccc(Br)c(C)c3)C(=O)C(=O)N2c2ccc3c(c2)OCCO3)c1. The highest BCUT2D eigenvalue weighted by Gasteiger charge is 2.47. The van der Waals surface area contributed by atoms with Gasteiger partial charge in [-0.15, -0.1) is 0 Å². The van der Waals surface area contributed by atoms with Crippen LogP contribution in [0.15, 0.2) is 70.7 Å². The molecule has 0 saturated carbocycles. The molecular weight excluding hydrogens is 514 g/mol. The Labute approximate surface area is 210 Å². The molecule has 2 heterocycles. The van der Waals surface area contributed by atoms with E-state index in [0.29, 0.717) is 47.3 Å². The summed E-state index contributed by atoms with van der Waals surface area (Å²) in [6.07, 6.45) is 0. The highest BCUT2D eigenvalue weighted by molar-refractivity contribution is 9.10. The average molecular weight is 536 g/mol. The van der Waals surface area contributed by atoms with Gasteiger partial charge < -0.3 is 19.3 Å². The van der Waals surface area contributed by atoms with Gasteiger partial charge in [-0.3, -0.25) is 14.5 Å². The fourth-order valence-corrected chi connectivity index (χ4v) is 4.60. The van der Waals surface area contributed by atoms with Crippen molar-refractivity contribution < 1.29 is 28.9 Å². The Kier molecular flexibility index (Phi) is 5.98. The molecule has 0 aromatic heterocycles. The molecule has 1 unspecified atom stereocenters. The van der Waals surface area contributed by atoms with E-state index in [2.05, 4.69) is 15.9 Å². The van der Waals surface area contributed by atoms with Crippen LogP contribution in [0.2, 0.25) is 0 Å². The number of carbonyl (C=O) groups is 2. The molecule has 35 heavy (non-hydrogen) atoms. The van der Waals surface area contributed by atoms with Crippen LogP contribution in [0.1, 0.15) is 22.7 Å². The first kappa shape index (κ1) is 23.0. The van der Waals surface area contributed by atoms with Gasteiger partial charge in [-0.25, -0.2) is 0 Å². The first-order valence-corrected chi connectivity index (χ1v) is 11.8. The van der Waals surface area contributed by atoms with Gasteiger partial charge in [0.05, 0.1) is 18.7 Å². The quantitative estimate of drug-likeness (QED) is 0.282. The Morgan fingerprint density at radius 1 is 1.03 bits per heavy atom. The van der Waals surface area contributed by atoms with Gasteiger partial charge in [0.25, 0.3) is 11.7 Å². The molecule has 1 N–H and O–H groups in total. The van der Waals surface area contributed by atoms with E-state index in [9.17, 15) is 14.7 Å². The summed E-state index contributed by atoms with van der Waals surface area (Å²) >= 11 is 3.46. The molecule has 178 valence electrons. The predicted octanol–water partition coefficient (Wildman–Crippen LogP) is 5.16. The van der Waals surface area contributed by atoms with E-state index in [1.54, 1.807) is 67.8 Å². The van der Waals surface area contributed by atoms with Gasteiger partial charge in [0, 0.05) is 21.8 Å². The number of ether oxygens (including phenoxy) is 3. The van der Waals surface area contributed by atoms with Crippen molar-refractivity contribution in [2.24, 2.45) is 0 Å². The summed E-state index contributed by atoms with van der Waals surface area (Å²) in [6, 6.07) is 16.6. The van der Waals surface area contributed by atoms with Gasteiger partial charge in [0.1, 0.15) is 24.7 Å². The predicted molar refractivity (Wildman–Crippen MR) is 134 cm³/mol. The van der Waals surface area contributed by atoms with Crippen molar-refractivity contribution in [3.63, 3.8) is 0 Å². The lowest BCUT2D eigenvalue weighted by molar-refractivity contribution is -0.132.